The maximum Gasteiger partial charge on any atom is 0.295 e. The van der Waals surface area contributed by atoms with Gasteiger partial charge in [-0.25, -0.2) is 0 Å². The van der Waals surface area contributed by atoms with Crippen molar-refractivity contribution < 1.29 is 25.9 Å². The quantitative estimate of drug-likeness (QED) is 0.311. The maximum atomic E-state index is 12.3. The molecule has 0 amide bonds. The topological polar surface area (TPSA) is 124 Å². The predicted octanol–water partition coefficient (Wildman–Crippen LogP) is 5.20. The second-order valence-corrected chi connectivity index (χ2v) is 11.3. The van der Waals surface area contributed by atoms with E-state index in [1.807, 2.05) is 38.1 Å². The van der Waals surface area contributed by atoms with Gasteiger partial charge in [-0.2, -0.15) is 16.8 Å². The average Bonchev–Trinajstić information content (AvgIpc) is 2.86. The van der Waals surface area contributed by atoms with Crippen LogP contribution in [-0.2, 0) is 20.2 Å². The lowest BCUT2D eigenvalue weighted by atomic mass is 9.90. The molecule has 0 bridgehead atoms. The van der Waals surface area contributed by atoms with Gasteiger partial charge >= 0.3 is 0 Å². The Hall–Kier alpha value is -3.05. The van der Waals surface area contributed by atoms with E-state index in [0.29, 0.717) is 23.3 Å². The van der Waals surface area contributed by atoms with Gasteiger partial charge in [-0.15, -0.1) is 0 Å². The van der Waals surface area contributed by atoms with Crippen molar-refractivity contribution in [2.24, 2.45) is 4.99 Å². The molecular formula is C27H32N2O6S2. The molecule has 0 spiro atoms. The van der Waals surface area contributed by atoms with E-state index in [9.17, 15) is 25.9 Å². The lowest BCUT2D eigenvalue weighted by Gasteiger charge is -2.22. The van der Waals surface area contributed by atoms with Crippen LogP contribution < -0.4 is 4.90 Å². The Kier molecular flexibility index (Phi) is 9.25. The van der Waals surface area contributed by atoms with Crippen LogP contribution in [0.5, 0.6) is 0 Å². The molecule has 0 aromatic heterocycles. The minimum atomic E-state index is -4.73. The van der Waals surface area contributed by atoms with Crippen LogP contribution >= 0.6 is 0 Å². The molecule has 0 saturated carbocycles. The number of benzene rings is 2. The Bertz CT molecular complexity index is 1450. The monoisotopic (exact) mass is 544 g/mol. The van der Waals surface area contributed by atoms with E-state index in [1.165, 1.54) is 0 Å². The Morgan fingerprint density at radius 2 is 1.46 bits per heavy atom. The van der Waals surface area contributed by atoms with Crippen molar-refractivity contribution in [1.29, 1.82) is 0 Å². The molecule has 0 unspecified atom stereocenters. The molecule has 8 nitrogen and oxygen atoms in total. The van der Waals surface area contributed by atoms with Gasteiger partial charge in [0.15, 0.2) is 0 Å². The molecule has 0 radical (unpaired) electrons. The third-order valence-electron chi connectivity index (χ3n) is 6.04. The molecule has 1 aliphatic carbocycles. The lowest BCUT2D eigenvalue weighted by molar-refractivity contribution is 0.478. The van der Waals surface area contributed by atoms with Crippen LogP contribution in [0.25, 0.3) is 5.57 Å². The van der Waals surface area contributed by atoms with Crippen molar-refractivity contribution in [3.05, 3.63) is 83.5 Å². The summed E-state index contributed by atoms with van der Waals surface area (Å²) in [6, 6.07) is 10.4. The second-order valence-electron chi connectivity index (χ2n) is 8.48. The van der Waals surface area contributed by atoms with E-state index < -0.39 is 30.0 Å². The number of rotatable bonds is 10. The van der Waals surface area contributed by atoms with Gasteiger partial charge in [-0.1, -0.05) is 37.6 Å². The summed E-state index contributed by atoms with van der Waals surface area (Å²) in [4.78, 5) is 5.72. The Morgan fingerprint density at radius 1 is 0.838 bits per heavy atom. The Labute approximate surface area is 219 Å². The van der Waals surface area contributed by atoms with E-state index in [2.05, 4.69) is 16.8 Å². The highest BCUT2D eigenvalue weighted by Gasteiger charge is 2.24. The molecule has 10 heteroatoms. The predicted molar refractivity (Wildman–Crippen MR) is 148 cm³/mol. The molecule has 0 atom stereocenters. The van der Waals surface area contributed by atoms with Crippen LogP contribution in [0.2, 0.25) is 0 Å². The van der Waals surface area contributed by atoms with E-state index in [0.717, 1.165) is 55.5 Å². The minimum Gasteiger partial charge on any atom is -0.372 e. The summed E-state index contributed by atoms with van der Waals surface area (Å²) in [5, 5.41) is 0. The number of unbranched alkanes of at least 4 members (excludes halogenated alkanes) is 1. The number of hydrogen-bond donors (Lipinski definition) is 2. The zero-order valence-corrected chi connectivity index (χ0v) is 22.8. The third kappa shape index (κ3) is 7.04. The largest absolute Gasteiger partial charge is 0.372 e. The van der Waals surface area contributed by atoms with Crippen LogP contribution in [0.15, 0.2) is 87.1 Å². The summed E-state index contributed by atoms with van der Waals surface area (Å²) in [6.45, 7) is 8.46. The lowest BCUT2D eigenvalue weighted by Crippen LogP contribution is -2.21. The van der Waals surface area contributed by atoms with Gasteiger partial charge in [-0.3, -0.25) is 14.1 Å². The van der Waals surface area contributed by atoms with Gasteiger partial charge in [-0.05, 0) is 79.5 Å². The van der Waals surface area contributed by atoms with Crippen LogP contribution in [0.3, 0.4) is 0 Å². The Morgan fingerprint density at radius 3 is 1.97 bits per heavy atom. The smallest absolute Gasteiger partial charge is 0.295 e. The molecule has 2 aromatic rings. The fraction of sp³-hybridized carbons (Fsp3) is 0.296. The first-order valence-electron chi connectivity index (χ1n) is 12.1. The first kappa shape index (κ1) is 28.5. The van der Waals surface area contributed by atoms with Gasteiger partial charge in [0.1, 0.15) is 4.90 Å². The SMILES string of the molecule is CCCCN=C1C=CC(=C(c2ccc(N(CC)CC)cc2)c2cc(S(=O)(=O)O)ccc2S(=O)(=O)O)C=C1. The minimum absolute atomic E-state index is 0.0520. The maximum absolute atomic E-state index is 12.3. The molecule has 0 fully saturated rings. The molecule has 0 heterocycles. The molecular weight excluding hydrogens is 512 g/mol. The molecule has 1 aliphatic rings. The Balaban J connectivity index is 2.29. The van der Waals surface area contributed by atoms with Crippen molar-refractivity contribution >= 4 is 37.2 Å². The molecule has 198 valence electrons. The number of anilines is 1. The fourth-order valence-electron chi connectivity index (χ4n) is 4.09. The average molecular weight is 545 g/mol. The second kappa shape index (κ2) is 12.0. The third-order valence-corrected chi connectivity index (χ3v) is 7.80. The first-order valence-corrected chi connectivity index (χ1v) is 15.0. The molecule has 3 rings (SSSR count). The highest BCUT2D eigenvalue weighted by Crippen LogP contribution is 2.36. The van der Waals surface area contributed by atoms with Crippen molar-refractivity contribution in [2.45, 2.75) is 43.4 Å². The van der Waals surface area contributed by atoms with Gasteiger partial charge in [0.05, 0.1) is 10.6 Å². The normalized spacial score (nSPS) is 13.6. The van der Waals surface area contributed by atoms with Gasteiger partial charge in [0, 0.05) is 30.9 Å². The van der Waals surface area contributed by atoms with E-state index >= 15 is 0 Å². The number of aliphatic imine (C=N–C) groups is 1. The van der Waals surface area contributed by atoms with Crippen LogP contribution in [-0.4, -0.2) is 51.3 Å². The number of allylic oxidation sites excluding steroid dienone is 5. The zero-order chi connectivity index (χ0) is 27.2. The molecule has 0 saturated heterocycles. The van der Waals surface area contributed by atoms with Crippen LogP contribution in [0.1, 0.15) is 44.7 Å². The summed E-state index contributed by atoms with van der Waals surface area (Å²) in [5.74, 6) is 0. The number of hydrogen-bond acceptors (Lipinski definition) is 6. The fourth-order valence-corrected chi connectivity index (χ4v) is 5.28. The van der Waals surface area contributed by atoms with Gasteiger partial charge in [0.25, 0.3) is 20.2 Å². The highest BCUT2D eigenvalue weighted by atomic mass is 32.2. The van der Waals surface area contributed by atoms with Crippen LogP contribution in [0.4, 0.5) is 5.69 Å². The van der Waals surface area contributed by atoms with Crippen molar-refractivity contribution in [1.82, 2.24) is 0 Å². The van der Waals surface area contributed by atoms with E-state index in [4.69, 9.17) is 0 Å². The van der Waals surface area contributed by atoms with Gasteiger partial charge in [0.2, 0.25) is 0 Å². The van der Waals surface area contributed by atoms with E-state index in [-0.39, 0.29) is 5.56 Å². The standard InChI is InChI=1S/C27H32N2O6S2/c1-4-7-18-28-22-12-8-20(9-13-22)27(21-10-14-23(15-11-21)29(5-2)6-3)25-19-24(36(30,31)32)16-17-26(25)37(33,34)35/h8-17,19H,4-7,18H2,1-3H3,(H,30,31,32)(H,33,34,35). The van der Waals surface area contributed by atoms with Crippen molar-refractivity contribution in [3.63, 3.8) is 0 Å². The molecule has 37 heavy (non-hydrogen) atoms. The summed E-state index contributed by atoms with van der Waals surface area (Å²) < 4.78 is 68.1. The van der Waals surface area contributed by atoms with E-state index in [1.54, 1.807) is 24.3 Å². The molecule has 2 N–H and O–H groups in total. The summed E-state index contributed by atoms with van der Waals surface area (Å²) in [5.41, 5.74) is 3.24. The summed E-state index contributed by atoms with van der Waals surface area (Å²) in [6.07, 6.45) is 9.12. The summed E-state index contributed by atoms with van der Waals surface area (Å²) in [7, 11) is -9.37. The van der Waals surface area contributed by atoms with Crippen molar-refractivity contribution in [3.8, 4) is 0 Å². The highest BCUT2D eigenvalue weighted by molar-refractivity contribution is 7.86. The van der Waals surface area contributed by atoms with Gasteiger partial charge < -0.3 is 4.90 Å². The first-order chi connectivity index (χ1) is 17.5. The summed E-state index contributed by atoms with van der Waals surface area (Å²) >= 11 is 0. The zero-order valence-electron chi connectivity index (χ0n) is 21.1. The number of nitrogens with zero attached hydrogens (tertiary/aromatic N) is 2. The van der Waals surface area contributed by atoms with Crippen molar-refractivity contribution in [2.75, 3.05) is 24.5 Å². The molecule has 2 aromatic carbocycles. The molecule has 0 aliphatic heterocycles. The van der Waals surface area contributed by atoms with Crippen LogP contribution in [0, 0.1) is 0 Å².